The zero-order chi connectivity index (χ0) is 16.2. The SMILES string of the molecule is CCC(CC)c1nnc(NC(=O)C(C)(C)c2ccccc2)s1. The Hall–Kier alpha value is -1.75. The van der Waals surface area contributed by atoms with Crippen molar-refractivity contribution in [2.24, 2.45) is 0 Å². The fourth-order valence-corrected chi connectivity index (χ4v) is 3.33. The largest absolute Gasteiger partial charge is 0.300 e. The van der Waals surface area contributed by atoms with Gasteiger partial charge in [0, 0.05) is 5.92 Å². The Labute approximate surface area is 136 Å². The molecule has 0 saturated heterocycles. The Morgan fingerprint density at radius 2 is 1.82 bits per heavy atom. The van der Waals surface area contributed by atoms with Crippen molar-refractivity contribution in [1.82, 2.24) is 10.2 Å². The number of nitrogens with zero attached hydrogens (tertiary/aromatic N) is 2. The molecule has 22 heavy (non-hydrogen) atoms. The van der Waals surface area contributed by atoms with Gasteiger partial charge < -0.3 is 0 Å². The lowest BCUT2D eigenvalue weighted by Crippen LogP contribution is -2.34. The monoisotopic (exact) mass is 317 g/mol. The van der Waals surface area contributed by atoms with Crippen molar-refractivity contribution >= 4 is 22.4 Å². The fraction of sp³-hybridized carbons (Fsp3) is 0.471. The van der Waals surface area contributed by atoms with E-state index in [9.17, 15) is 4.79 Å². The first-order valence-electron chi connectivity index (χ1n) is 7.69. The molecule has 5 heteroatoms. The van der Waals surface area contributed by atoms with Gasteiger partial charge in [0.15, 0.2) is 0 Å². The Bertz CT molecular complexity index is 618. The maximum atomic E-state index is 12.6. The molecular weight excluding hydrogens is 294 g/mol. The van der Waals surface area contributed by atoms with E-state index in [0.29, 0.717) is 11.0 Å². The summed E-state index contributed by atoms with van der Waals surface area (Å²) >= 11 is 1.48. The van der Waals surface area contributed by atoms with Crippen molar-refractivity contribution in [3.8, 4) is 0 Å². The van der Waals surface area contributed by atoms with Crippen LogP contribution in [0.1, 0.15) is 57.0 Å². The van der Waals surface area contributed by atoms with Crippen molar-refractivity contribution in [2.45, 2.75) is 51.9 Å². The summed E-state index contributed by atoms with van der Waals surface area (Å²) in [5.74, 6) is 0.358. The first kappa shape index (κ1) is 16.6. The number of hydrogen-bond donors (Lipinski definition) is 1. The van der Waals surface area contributed by atoms with Crippen LogP contribution < -0.4 is 5.32 Å². The summed E-state index contributed by atoms with van der Waals surface area (Å²) in [6.45, 7) is 8.12. The van der Waals surface area contributed by atoms with Gasteiger partial charge in [0.05, 0.1) is 5.41 Å². The molecule has 2 rings (SSSR count). The number of amides is 1. The average Bonchev–Trinajstić information content (AvgIpc) is 2.97. The predicted octanol–water partition coefficient (Wildman–Crippen LogP) is 4.36. The van der Waals surface area contributed by atoms with E-state index in [-0.39, 0.29) is 5.91 Å². The van der Waals surface area contributed by atoms with E-state index < -0.39 is 5.41 Å². The third-order valence-electron chi connectivity index (χ3n) is 4.06. The Morgan fingerprint density at radius 1 is 1.18 bits per heavy atom. The molecule has 0 spiro atoms. The quantitative estimate of drug-likeness (QED) is 0.861. The van der Waals surface area contributed by atoms with Gasteiger partial charge in [-0.1, -0.05) is 55.5 Å². The molecule has 118 valence electrons. The van der Waals surface area contributed by atoms with Gasteiger partial charge in [-0.3, -0.25) is 10.1 Å². The van der Waals surface area contributed by atoms with Gasteiger partial charge in [-0.2, -0.15) is 0 Å². The van der Waals surface area contributed by atoms with Crippen LogP contribution in [0.15, 0.2) is 30.3 Å². The molecule has 0 unspecified atom stereocenters. The van der Waals surface area contributed by atoms with Crippen LogP contribution in [-0.2, 0) is 10.2 Å². The van der Waals surface area contributed by atoms with Crippen LogP contribution in [0.3, 0.4) is 0 Å². The summed E-state index contributed by atoms with van der Waals surface area (Å²) < 4.78 is 0. The van der Waals surface area contributed by atoms with Crippen molar-refractivity contribution in [3.05, 3.63) is 40.9 Å². The topological polar surface area (TPSA) is 54.9 Å². The van der Waals surface area contributed by atoms with Crippen LogP contribution in [0.2, 0.25) is 0 Å². The predicted molar refractivity (Wildman–Crippen MR) is 91.3 cm³/mol. The normalized spacial score (nSPS) is 11.7. The number of carbonyl (C=O) groups is 1. The molecular formula is C17H23N3OS. The molecule has 1 aromatic heterocycles. The lowest BCUT2D eigenvalue weighted by molar-refractivity contribution is -0.120. The second-order valence-corrected chi connectivity index (χ2v) is 6.91. The zero-order valence-corrected chi connectivity index (χ0v) is 14.4. The van der Waals surface area contributed by atoms with Crippen LogP contribution in [0.4, 0.5) is 5.13 Å². The molecule has 0 radical (unpaired) electrons. The molecule has 0 aliphatic heterocycles. The summed E-state index contributed by atoms with van der Waals surface area (Å²) in [5, 5.41) is 12.8. The molecule has 0 aliphatic rings. The van der Waals surface area contributed by atoms with E-state index in [1.807, 2.05) is 44.2 Å². The van der Waals surface area contributed by atoms with Crippen molar-refractivity contribution in [2.75, 3.05) is 5.32 Å². The Kier molecular flexibility index (Phi) is 5.29. The number of anilines is 1. The molecule has 1 N–H and O–H groups in total. The summed E-state index contributed by atoms with van der Waals surface area (Å²) in [7, 11) is 0. The summed E-state index contributed by atoms with van der Waals surface area (Å²) in [6.07, 6.45) is 2.07. The van der Waals surface area contributed by atoms with Gasteiger partial charge in [0.25, 0.3) is 0 Å². The number of rotatable bonds is 6. The third kappa shape index (κ3) is 3.53. The summed E-state index contributed by atoms with van der Waals surface area (Å²) in [4.78, 5) is 12.6. The molecule has 0 aliphatic carbocycles. The highest BCUT2D eigenvalue weighted by molar-refractivity contribution is 7.15. The molecule has 1 amide bonds. The number of nitrogens with one attached hydrogen (secondary N) is 1. The number of carbonyl (C=O) groups excluding carboxylic acids is 1. The number of benzene rings is 1. The molecule has 1 heterocycles. The van der Waals surface area contributed by atoms with Crippen molar-refractivity contribution in [1.29, 1.82) is 0 Å². The van der Waals surface area contributed by atoms with E-state index in [1.165, 1.54) is 11.3 Å². The lowest BCUT2D eigenvalue weighted by Gasteiger charge is -2.23. The Balaban J connectivity index is 2.12. The van der Waals surface area contributed by atoms with E-state index >= 15 is 0 Å². The zero-order valence-electron chi connectivity index (χ0n) is 13.6. The minimum Gasteiger partial charge on any atom is -0.300 e. The average molecular weight is 317 g/mol. The van der Waals surface area contributed by atoms with E-state index in [2.05, 4.69) is 29.4 Å². The molecule has 0 atom stereocenters. The fourth-order valence-electron chi connectivity index (χ4n) is 2.33. The second kappa shape index (κ2) is 7.01. The minimum atomic E-state index is -0.609. The first-order chi connectivity index (χ1) is 10.5. The van der Waals surface area contributed by atoms with Gasteiger partial charge in [-0.05, 0) is 32.3 Å². The van der Waals surface area contributed by atoms with Gasteiger partial charge in [0.1, 0.15) is 5.01 Å². The van der Waals surface area contributed by atoms with Crippen LogP contribution in [0, 0.1) is 0 Å². The highest BCUT2D eigenvalue weighted by atomic mass is 32.1. The van der Waals surface area contributed by atoms with Gasteiger partial charge in [-0.15, -0.1) is 10.2 Å². The molecule has 0 saturated carbocycles. The highest BCUT2D eigenvalue weighted by Gasteiger charge is 2.30. The van der Waals surface area contributed by atoms with Crippen molar-refractivity contribution < 1.29 is 4.79 Å². The van der Waals surface area contributed by atoms with E-state index in [4.69, 9.17) is 0 Å². The Morgan fingerprint density at radius 3 is 2.41 bits per heavy atom. The molecule has 0 fully saturated rings. The minimum absolute atomic E-state index is 0.0639. The smallest absolute Gasteiger partial charge is 0.236 e. The number of aromatic nitrogens is 2. The summed E-state index contributed by atoms with van der Waals surface area (Å²) in [5.41, 5.74) is 0.374. The lowest BCUT2D eigenvalue weighted by atomic mass is 9.84. The second-order valence-electron chi connectivity index (χ2n) is 5.90. The van der Waals surface area contributed by atoms with E-state index in [0.717, 1.165) is 23.4 Å². The van der Waals surface area contributed by atoms with Crippen LogP contribution in [-0.4, -0.2) is 16.1 Å². The van der Waals surface area contributed by atoms with Gasteiger partial charge in [-0.25, -0.2) is 0 Å². The van der Waals surface area contributed by atoms with Crippen LogP contribution in [0.25, 0.3) is 0 Å². The van der Waals surface area contributed by atoms with Gasteiger partial charge in [0.2, 0.25) is 11.0 Å². The van der Waals surface area contributed by atoms with E-state index in [1.54, 1.807) is 0 Å². The third-order valence-corrected chi connectivity index (χ3v) is 5.06. The molecule has 1 aromatic carbocycles. The first-order valence-corrected chi connectivity index (χ1v) is 8.51. The number of hydrogen-bond acceptors (Lipinski definition) is 4. The molecule has 2 aromatic rings. The highest BCUT2D eigenvalue weighted by Crippen LogP contribution is 2.30. The maximum absolute atomic E-state index is 12.6. The van der Waals surface area contributed by atoms with Crippen molar-refractivity contribution in [3.63, 3.8) is 0 Å². The van der Waals surface area contributed by atoms with Crippen LogP contribution in [0.5, 0.6) is 0 Å². The standard InChI is InChI=1S/C17H23N3OS/c1-5-12(6-2)14-19-20-16(22-14)18-15(21)17(3,4)13-10-8-7-9-11-13/h7-12H,5-6H2,1-4H3,(H,18,20,21). The summed E-state index contributed by atoms with van der Waals surface area (Å²) in [6, 6.07) is 9.77. The maximum Gasteiger partial charge on any atom is 0.236 e. The van der Waals surface area contributed by atoms with Crippen LogP contribution >= 0.6 is 11.3 Å². The van der Waals surface area contributed by atoms with Gasteiger partial charge >= 0.3 is 0 Å². The molecule has 0 bridgehead atoms. The molecule has 4 nitrogen and oxygen atoms in total.